The van der Waals surface area contributed by atoms with Crippen LogP contribution in [0.4, 0.5) is 0 Å². The normalized spacial score (nSPS) is 26.1. The molecule has 14 heavy (non-hydrogen) atoms. The number of carbonyl (C=O) groups is 2. The minimum atomic E-state index is -0.738. The van der Waals surface area contributed by atoms with E-state index in [-0.39, 0.29) is 24.3 Å². The number of rotatable bonds is 4. The maximum absolute atomic E-state index is 11.1. The van der Waals surface area contributed by atoms with Gasteiger partial charge in [0.15, 0.2) is 0 Å². The third-order valence-corrected chi connectivity index (χ3v) is 2.69. The van der Waals surface area contributed by atoms with Crippen molar-refractivity contribution in [2.24, 2.45) is 5.92 Å². The monoisotopic (exact) mass is 199 g/mol. The van der Waals surface area contributed by atoms with E-state index >= 15 is 0 Å². The van der Waals surface area contributed by atoms with E-state index in [9.17, 15) is 9.59 Å². The molecule has 1 aliphatic carbocycles. The molecule has 1 saturated carbocycles. The Morgan fingerprint density at radius 1 is 1.43 bits per heavy atom. The van der Waals surface area contributed by atoms with Crippen molar-refractivity contribution < 1.29 is 14.7 Å². The van der Waals surface area contributed by atoms with Crippen LogP contribution in [0, 0.1) is 5.92 Å². The van der Waals surface area contributed by atoms with Crippen molar-refractivity contribution in [3.05, 3.63) is 0 Å². The minimum absolute atomic E-state index is 0.0611. The second-order valence-electron chi connectivity index (χ2n) is 3.89. The van der Waals surface area contributed by atoms with Gasteiger partial charge in [0.1, 0.15) is 0 Å². The maximum atomic E-state index is 11.1. The minimum Gasteiger partial charge on any atom is -0.481 e. The second kappa shape index (κ2) is 4.98. The van der Waals surface area contributed by atoms with Crippen LogP contribution in [0.15, 0.2) is 0 Å². The summed E-state index contributed by atoms with van der Waals surface area (Å²) in [6.45, 7) is 1.82. The van der Waals surface area contributed by atoms with Gasteiger partial charge in [-0.1, -0.05) is 6.92 Å². The molecule has 0 aromatic carbocycles. The van der Waals surface area contributed by atoms with Crippen LogP contribution in [0.25, 0.3) is 0 Å². The van der Waals surface area contributed by atoms with Gasteiger partial charge in [-0.05, 0) is 25.2 Å². The van der Waals surface area contributed by atoms with E-state index in [1.54, 1.807) is 0 Å². The predicted molar refractivity (Wildman–Crippen MR) is 51.8 cm³/mol. The Labute approximate surface area is 83.7 Å². The number of nitrogens with one attached hydrogen (secondary N) is 1. The zero-order valence-corrected chi connectivity index (χ0v) is 8.45. The topological polar surface area (TPSA) is 66.4 Å². The lowest BCUT2D eigenvalue weighted by atomic mass is 10.0. The van der Waals surface area contributed by atoms with Crippen LogP contribution in [0.3, 0.4) is 0 Å². The Morgan fingerprint density at radius 3 is 2.71 bits per heavy atom. The van der Waals surface area contributed by atoms with Gasteiger partial charge in [0.05, 0.1) is 0 Å². The van der Waals surface area contributed by atoms with Crippen molar-refractivity contribution in [2.45, 2.75) is 45.1 Å². The Morgan fingerprint density at radius 2 is 2.14 bits per heavy atom. The Kier molecular flexibility index (Phi) is 3.92. The highest BCUT2D eigenvalue weighted by Crippen LogP contribution is 2.28. The van der Waals surface area contributed by atoms with E-state index in [1.165, 1.54) is 0 Å². The van der Waals surface area contributed by atoms with Crippen molar-refractivity contribution in [1.29, 1.82) is 0 Å². The molecule has 0 aromatic heterocycles. The molecule has 2 N–H and O–H groups in total. The lowest BCUT2D eigenvalue weighted by molar-refractivity contribution is -0.138. The average molecular weight is 199 g/mol. The van der Waals surface area contributed by atoms with E-state index < -0.39 is 5.97 Å². The van der Waals surface area contributed by atoms with E-state index in [0.29, 0.717) is 6.42 Å². The van der Waals surface area contributed by atoms with Crippen LogP contribution < -0.4 is 5.32 Å². The predicted octanol–water partition coefficient (Wildman–Crippen LogP) is 1.16. The number of aliphatic carboxylic acids is 1. The molecule has 2 unspecified atom stereocenters. The van der Waals surface area contributed by atoms with Gasteiger partial charge in [0, 0.05) is 18.9 Å². The summed E-state index contributed by atoms with van der Waals surface area (Å²) < 4.78 is 0. The quantitative estimate of drug-likeness (QED) is 0.714. The lowest BCUT2D eigenvalue weighted by Crippen LogP contribution is -2.32. The van der Waals surface area contributed by atoms with Gasteiger partial charge in [-0.3, -0.25) is 9.59 Å². The number of carbonyl (C=O) groups excluding carboxylic acids is 1. The fourth-order valence-electron chi connectivity index (χ4n) is 1.97. The van der Waals surface area contributed by atoms with Gasteiger partial charge in [0.2, 0.25) is 5.91 Å². The molecule has 1 aliphatic rings. The summed E-state index contributed by atoms with van der Waals surface area (Å²) >= 11 is 0. The standard InChI is InChI=1S/C10H17NO3/c1-2-9(12)11-8-4-3-7(5-8)6-10(13)14/h7-8H,2-6H2,1H3,(H,11,12)(H,13,14). The van der Waals surface area contributed by atoms with Gasteiger partial charge < -0.3 is 10.4 Å². The summed E-state index contributed by atoms with van der Waals surface area (Å²) in [5, 5.41) is 11.5. The zero-order valence-electron chi connectivity index (χ0n) is 8.45. The molecular formula is C10H17NO3. The molecule has 0 heterocycles. The number of carboxylic acid groups (broad SMARTS) is 1. The Balaban J connectivity index is 2.27. The number of amides is 1. The smallest absolute Gasteiger partial charge is 0.303 e. The van der Waals surface area contributed by atoms with Gasteiger partial charge in [-0.15, -0.1) is 0 Å². The van der Waals surface area contributed by atoms with E-state index in [0.717, 1.165) is 19.3 Å². The van der Waals surface area contributed by atoms with Crippen molar-refractivity contribution >= 4 is 11.9 Å². The molecule has 80 valence electrons. The molecule has 2 atom stereocenters. The summed E-state index contributed by atoms with van der Waals surface area (Å²) in [6, 6.07) is 0.201. The molecule has 4 nitrogen and oxygen atoms in total. The average Bonchev–Trinajstić information content (AvgIpc) is 2.51. The van der Waals surface area contributed by atoms with Crippen molar-refractivity contribution in [1.82, 2.24) is 5.32 Å². The molecule has 1 fully saturated rings. The Bertz CT molecular complexity index is 227. The van der Waals surface area contributed by atoms with Crippen molar-refractivity contribution in [2.75, 3.05) is 0 Å². The third kappa shape index (κ3) is 3.36. The third-order valence-electron chi connectivity index (χ3n) is 2.69. The van der Waals surface area contributed by atoms with Crippen LogP contribution in [0.2, 0.25) is 0 Å². The summed E-state index contributed by atoms with van der Waals surface area (Å²) in [6.07, 6.45) is 3.39. The number of hydrogen-bond donors (Lipinski definition) is 2. The first-order chi connectivity index (χ1) is 6.61. The first-order valence-electron chi connectivity index (χ1n) is 5.13. The van der Waals surface area contributed by atoms with Crippen LogP contribution in [-0.2, 0) is 9.59 Å². The molecule has 0 bridgehead atoms. The van der Waals surface area contributed by atoms with E-state index in [1.807, 2.05) is 6.92 Å². The van der Waals surface area contributed by atoms with E-state index in [2.05, 4.69) is 5.32 Å². The summed E-state index contributed by atoms with van der Waals surface area (Å²) in [7, 11) is 0. The molecule has 1 rings (SSSR count). The largest absolute Gasteiger partial charge is 0.481 e. The highest BCUT2D eigenvalue weighted by molar-refractivity contribution is 5.75. The first-order valence-corrected chi connectivity index (χ1v) is 5.13. The Hall–Kier alpha value is -1.06. The summed E-state index contributed by atoms with van der Waals surface area (Å²) in [5.41, 5.74) is 0. The van der Waals surface area contributed by atoms with Crippen LogP contribution in [0.5, 0.6) is 0 Å². The van der Waals surface area contributed by atoms with Crippen molar-refractivity contribution in [3.63, 3.8) is 0 Å². The van der Waals surface area contributed by atoms with Gasteiger partial charge in [-0.2, -0.15) is 0 Å². The van der Waals surface area contributed by atoms with Gasteiger partial charge in [0.25, 0.3) is 0 Å². The van der Waals surface area contributed by atoms with Gasteiger partial charge >= 0.3 is 5.97 Å². The highest BCUT2D eigenvalue weighted by atomic mass is 16.4. The fourth-order valence-corrected chi connectivity index (χ4v) is 1.97. The maximum Gasteiger partial charge on any atom is 0.303 e. The van der Waals surface area contributed by atoms with Crippen molar-refractivity contribution in [3.8, 4) is 0 Å². The SMILES string of the molecule is CCC(=O)NC1CCC(CC(=O)O)C1. The highest BCUT2D eigenvalue weighted by Gasteiger charge is 2.26. The van der Waals surface area contributed by atoms with E-state index in [4.69, 9.17) is 5.11 Å². The molecule has 4 heteroatoms. The summed E-state index contributed by atoms with van der Waals surface area (Å²) in [4.78, 5) is 21.5. The number of carboxylic acids is 1. The zero-order chi connectivity index (χ0) is 10.6. The molecule has 0 aliphatic heterocycles. The fraction of sp³-hybridized carbons (Fsp3) is 0.800. The molecule has 0 saturated heterocycles. The lowest BCUT2D eigenvalue weighted by Gasteiger charge is -2.11. The molecular weight excluding hydrogens is 182 g/mol. The number of hydrogen-bond acceptors (Lipinski definition) is 2. The van der Waals surface area contributed by atoms with Crippen LogP contribution >= 0.6 is 0 Å². The molecule has 0 spiro atoms. The summed E-state index contributed by atoms with van der Waals surface area (Å²) in [5.74, 6) is -0.432. The molecule has 0 radical (unpaired) electrons. The molecule has 0 aromatic rings. The first kappa shape index (κ1) is 11.0. The van der Waals surface area contributed by atoms with Gasteiger partial charge in [-0.25, -0.2) is 0 Å². The molecule has 1 amide bonds. The van der Waals surface area contributed by atoms with Crippen LogP contribution in [0.1, 0.15) is 39.0 Å². The van der Waals surface area contributed by atoms with Crippen LogP contribution in [-0.4, -0.2) is 23.0 Å². The second-order valence-corrected chi connectivity index (χ2v) is 3.89.